The Morgan fingerprint density at radius 2 is 1.72 bits per heavy atom. The zero-order valence-corrected chi connectivity index (χ0v) is 18.8. The maximum atomic E-state index is 12.7. The van der Waals surface area contributed by atoms with Crippen molar-refractivity contribution < 1.29 is 19.1 Å². The van der Waals surface area contributed by atoms with E-state index in [2.05, 4.69) is 11.9 Å². The minimum Gasteiger partial charge on any atom is -0.443 e. The number of rotatable bonds is 2. The Hall–Kier alpha value is -2.57. The molecule has 1 aliphatic heterocycles. The largest absolute Gasteiger partial charge is 0.443 e. The van der Waals surface area contributed by atoms with Gasteiger partial charge in [0.15, 0.2) is 0 Å². The predicted molar refractivity (Wildman–Crippen MR) is 114 cm³/mol. The van der Waals surface area contributed by atoms with Crippen molar-refractivity contribution in [2.45, 2.75) is 66.1 Å². The number of pyridine rings is 1. The lowest BCUT2D eigenvalue weighted by Gasteiger charge is -2.33. The molecule has 7 heteroatoms. The predicted octanol–water partition coefficient (Wildman–Crippen LogP) is 5.07. The molecule has 1 aliphatic rings. The van der Waals surface area contributed by atoms with E-state index < -0.39 is 17.3 Å². The van der Waals surface area contributed by atoms with E-state index in [1.807, 2.05) is 47.6 Å². The van der Waals surface area contributed by atoms with E-state index in [1.54, 1.807) is 30.3 Å². The summed E-state index contributed by atoms with van der Waals surface area (Å²) in [4.78, 5) is 32.5. The first-order valence-corrected chi connectivity index (χ1v) is 9.90. The molecule has 2 heterocycles. The van der Waals surface area contributed by atoms with Crippen molar-refractivity contribution in [1.82, 2.24) is 9.88 Å². The molecule has 1 atom stereocenters. The van der Waals surface area contributed by atoms with Crippen LogP contribution >= 0.6 is 0 Å². The number of carbonyl (C=O) groups excluding carboxylic acids is 2. The van der Waals surface area contributed by atoms with Crippen LogP contribution in [0.4, 0.5) is 15.3 Å². The minimum absolute atomic E-state index is 0.337. The molecule has 0 bridgehead atoms. The topological polar surface area (TPSA) is 72.0 Å². The summed E-state index contributed by atoms with van der Waals surface area (Å²) >= 11 is 0. The standard InChI is InChI=1S/C22H33N3O4/c1-15-9-12-18(25(14-15)20(27)29-22(5,6)7)17-11-10-16(13-23-17)24(8)19(26)28-21(2,3)4/h10-13,15H,9,14H2,1-8H3. The molecule has 0 aromatic carbocycles. The Morgan fingerprint density at radius 1 is 1.10 bits per heavy atom. The highest BCUT2D eigenvalue weighted by Gasteiger charge is 2.30. The molecular formula is C22H33N3O4. The van der Waals surface area contributed by atoms with Crippen molar-refractivity contribution in [3.05, 3.63) is 30.1 Å². The first-order chi connectivity index (χ1) is 13.3. The molecule has 1 aromatic rings. The quantitative estimate of drug-likeness (QED) is 0.689. The molecule has 2 amide bonds. The van der Waals surface area contributed by atoms with Gasteiger partial charge in [-0.1, -0.05) is 13.0 Å². The van der Waals surface area contributed by atoms with E-state index in [0.29, 0.717) is 23.8 Å². The highest BCUT2D eigenvalue weighted by atomic mass is 16.6. The number of carbonyl (C=O) groups is 2. The summed E-state index contributed by atoms with van der Waals surface area (Å²) in [6, 6.07) is 3.59. The summed E-state index contributed by atoms with van der Waals surface area (Å²) in [5.41, 5.74) is 0.844. The molecule has 2 rings (SSSR count). The SMILES string of the molecule is CC1CC=C(c2ccc(N(C)C(=O)OC(C)(C)C)cn2)N(C(=O)OC(C)(C)C)C1. The molecule has 0 saturated carbocycles. The third kappa shape index (κ3) is 6.48. The van der Waals surface area contributed by atoms with Crippen LogP contribution in [0.5, 0.6) is 0 Å². The molecule has 7 nitrogen and oxygen atoms in total. The van der Waals surface area contributed by atoms with Gasteiger partial charge in [0.05, 0.1) is 23.3 Å². The molecule has 0 spiro atoms. The maximum Gasteiger partial charge on any atom is 0.414 e. The number of hydrogen-bond acceptors (Lipinski definition) is 5. The number of hydrogen-bond donors (Lipinski definition) is 0. The molecule has 0 radical (unpaired) electrons. The second kappa shape index (κ2) is 8.43. The summed E-state index contributed by atoms with van der Waals surface area (Å²) in [6.45, 7) is 13.7. The number of nitrogens with zero attached hydrogens (tertiary/aromatic N) is 3. The Bertz CT molecular complexity index is 773. The van der Waals surface area contributed by atoms with Crippen LogP contribution < -0.4 is 4.90 Å². The van der Waals surface area contributed by atoms with Gasteiger partial charge in [0.25, 0.3) is 0 Å². The second-order valence-corrected chi connectivity index (χ2v) is 9.46. The second-order valence-electron chi connectivity index (χ2n) is 9.46. The molecule has 0 fully saturated rings. The van der Waals surface area contributed by atoms with Crippen molar-refractivity contribution in [3.63, 3.8) is 0 Å². The maximum absolute atomic E-state index is 12.7. The van der Waals surface area contributed by atoms with E-state index in [0.717, 1.165) is 12.1 Å². The lowest BCUT2D eigenvalue weighted by atomic mass is 10.0. The third-order valence-corrected chi connectivity index (χ3v) is 4.18. The van der Waals surface area contributed by atoms with Gasteiger partial charge in [-0.05, 0) is 66.0 Å². The van der Waals surface area contributed by atoms with Crippen LogP contribution in [0.3, 0.4) is 0 Å². The molecule has 0 saturated heterocycles. The average Bonchev–Trinajstić information content (AvgIpc) is 2.58. The molecule has 0 aliphatic carbocycles. The van der Waals surface area contributed by atoms with Gasteiger partial charge in [0.1, 0.15) is 11.2 Å². The number of allylic oxidation sites excluding steroid dienone is 1. The fourth-order valence-electron chi connectivity index (χ4n) is 2.81. The molecule has 1 unspecified atom stereocenters. The van der Waals surface area contributed by atoms with Crippen LogP contribution in [0.15, 0.2) is 24.4 Å². The average molecular weight is 404 g/mol. The summed E-state index contributed by atoms with van der Waals surface area (Å²) < 4.78 is 11.0. The molecule has 29 heavy (non-hydrogen) atoms. The van der Waals surface area contributed by atoms with Gasteiger partial charge in [0, 0.05) is 13.6 Å². The normalized spacial score (nSPS) is 17.4. The summed E-state index contributed by atoms with van der Waals surface area (Å²) in [7, 11) is 1.64. The highest BCUT2D eigenvalue weighted by molar-refractivity contribution is 5.87. The van der Waals surface area contributed by atoms with E-state index >= 15 is 0 Å². The zero-order chi connectivity index (χ0) is 22.0. The first-order valence-electron chi connectivity index (χ1n) is 9.90. The lowest BCUT2D eigenvalue weighted by Crippen LogP contribution is -2.40. The molecule has 1 aromatic heterocycles. The van der Waals surface area contributed by atoms with E-state index in [1.165, 1.54) is 4.90 Å². The Balaban J connectivity index is 2.22. The van der Waals surface area contributed by atoms with Crippen LogP contribution in [0.25, 0.3) is 5.70 Å². The van der Waals surface area contributed by atoms with Crippen molar-refractivity contribution in [1.29, 1.82) is 0 Å². The summed E-state index contributed by atoms with van der Waals surface area (Å²) in [5.74, 6) is 0.337. The van der Waals surface area contributed by atoms with Gasteiger partial charge in [-0.25, -0.2) is 9.59 Å². The fraction of sp³-hybridized carbons (Fsp3) is 0.591. The van der Waals surface area contributed by atoms with Crippen LogP contribution in [0.1, 0.15) is 60.6 Å². The van der Waals surface area contributed by atoms with Crippen molar-refractivity contribution in [2.75, 3.05) is 18.5 Å². The third-order valence-electron chi connectivity index (χ3n) is 4.18. The van der Waals surface area contributed by atoms with Crippen molar-refractivity contribution in [3.8, 4) is 0 Å². The first kappa shape index (κ1) is 22.7. The Morgan fingerprint density at radius 3 is 2.24 bits per heavy atom. The number of amides is 2. The minimum atomic E-state index is -0.573. The molecular weight excluding hydrogens is 370 g/mol. The summed E-state index contributed by atoms with van der Waals surface area (Å²) in [6.07, 6.45) is 3.64. The van der Waals surface area contributed by atoms with Gasteiger partial charge in [-0.2, -0.15) is 0 Å². The van der Waals surface area contributed by atoms with Crippen LogP contribution in [-0.2, 0) is 9.47 Å². The fourth-order valence-corrected chi connectivity index (χ4v) is 2.81. The van der Waals surface area contributed by atoms with E-state index in [9.17, 15) is 9.59 Å². The van der Waals surface area contributed by atoms with Gasteiger partial charge < -0.3 is 9.47 Å². The van der Waals surface area contributed by atoms with Crippen molar-refractivity contribution in [2.24, 2.45) is 5.92 Å². The summed E-state index contributed by atoms with van der Waals surface area (Å²) in [5, 5.41) is 0. The van der Waals surface area contributed by atoms with E-state index in [-0.39, 0.29) is 6.09 Å². The molecule has 0 N–H and O–H groups in total. The van der Waals surface area contributed by atoms with Gasteiger partial charge in [0.2, 0.25) is 0 Å². The monoisotopic (exact) mass is 403 g/mol. The Kier molecular flexibility index (Phi) is 6.60. The van der Waals surface area contributed by atoms with Gasteiger partial charge in [-0.15, -0.1) is 0 Å². The van der Waals surface area contributed by atoms with Crippen LogP contribution in [-0.4, -0.2) is 46.9 Å². The molecule has 160 valence electrons. The van der Waals surface area contributed by atoms with Crippen LogP contribution in [0.2, 0.25) is 0 Å². The highest BCUT2D eigenvalue weighted by Crippen LogP contribution is 2.29. The smallest absolute Gasteiger partial charge is 0.414 e. The van der Waals surface area contributed by atoms with Crippen LogP contribution in [0, 0.1) is 5.92 Å². The Labute approximate surface area is 173 Å². The van der Waals surface area contributed by atoms with E-state index in [4.69, 9.17) is 9.47 Å². The lowest BCUT2D eigenvalue weighted by molar-refractivity contribution is 0.0326. The van der Waals surface area contributed by atoms with Gasteiger partial charge in [-0.3, -0.25) is 14.8 Å². The van der Waals surface area contributed by atoms with Gasteiger partial charge >= 0.3 is 12.2 Å². The number of anilines is 1. The number of aromatic nitrogens is 1. The number of ether oxygens (including phenoxy) is 2. The van der Waals surface area contributed by atoms with Crippen molar-refractivity contribution >= 4 is 23.6 Å². The zero-order valence-electron chi connectivity index (χ0n) is 18.8.